The predicted octanol–water partition coefficient (Wildman–Crippen LogP) is 2.68. The van der Waals surface area contributed by atoms with Gasteiger partial charge in [-0.2, -0.15) is 0 Å². The van der Waals surface area contributed by atoms with Crippen LogP contribution in [0.25, 0.3) is 0 Å². The van der Waals surface area contributed by atoms with Gasteiger partial charge in [-0.05, 0) is 49.7 Å². The van der Waals surface area contributed by atoms with Gasteiger partial charge in [0.25, 0.3) is 10.0 Å². The molecule has 0 radical (unpaired) electrons. The van der Waals surface area contributed by atoms with Crippen LogP contribution in [0.15, 0.2) is 47.4 Å². The lowest BCUT2D eigenvalue weighted by Gasteiger charge is -2.12. The van der Waals surface area contributed by atoms with E-state index in [0.717, 1.165) is 0 Å². The Morgan fingerprint density at radius 1 is 1.17 bits per heavy atom. The Bertz CT molecular complexity index is 793. The molecule has 122 valence electrons. The van der Waals surface area contributed by atoms with Gasteiger partial charge in [0, 0.05) is 0 Å². The van der Waals surface area contributed by atoms with Crippen LogP contribution in [0.2, 0.25) is 0 Å². The van der Waals surface area contributed by atoms with E-state index in [9.17, 15) is 18.3 Å². The molecule has 0 aliphatic carbocycles. The number of nitrogens with one attached hydrogen (secondary N) is 1. The maximum absolute atomic E-state index is 12.4. The zero-order chi connectivity index (χ0) is 17.0. The molecule has 2 aromatic carbocycles. The Morgan fingerprint density at radius 3 is 2.39 bits per heavy atom. The van der Waals surface area contributed by atoms with Crippen molar-refractivity contribution in [3.05, 3.63) is 53.6 Å². The summed E-state index contributed by atoms with van der Waals surface area (Å²) in [6.07, 6.45) is 0. The van der Waals surface area contributed by atoms with Crippen molar-refractivity contribution in [2.24, 2.45) is 0 Å². The molecule has 0 saturated carbocycles. The average Bonchev–Trinajstić information content (AvgIpc) is 2.51. The van der Waals surface area contributed by atoms with Gasteiger partial charge in [0.1, 0.15) is 5.75 Å². The zero-order valence-corrected chi connectivity index (χ0v) is 13.6. The summed E-state index contributed by atoms with van der Waals surface area (Å²) >= 11 is 0. The number of rotatable bonds is 5. The molecule has 0 aromatic heterocycles. The monoisotopic (exact) mass is 335 g/mol. The largest absolute Gasteiger partial charge is 0.506 e. The number of carbonyl (C=O) groups is 1. The zero-order valence-electron chi connectivity index (χ0n) is 12.7. The van der Waals surface area contributed by atoms with Crippen LogP contribution in [0.3, 0.4) is 0 Å². The summed E-state index contributed by atoms with van der Waals surface area (Å²) < 4.78 is 31.9. The van der Waals surface area contributed by atoms with Gasteiger partial charge >= 0.3 is 5.97 Å². The maximum atomic E-state index is 12.4. The third-order valence-corrected chi connectivity index (χ3v) is 4.53. The molecule has 6 nitrogen and oxygen atoms in total. The minimum Gasteiger partial charge on any atom is -0.506 e. The van der Waals surface area contributed by atoms with Gasteiger partial charge < -0.3 is 9.84 Å². The molecule has 0 saturated heterocycles. The van der Waals surface area contributed by atoms with Crippen LogP contribution in [-0.4, -0.2) is 26.1 Å². The third-order valence-electron chi connectivity index (χ3n) is 3.16. The topological polar surface area (TPSA) is 92.7 Å². The number of ether oxygens (including phenoxy) is 1. The number of para-hydroxylation sites is 1. The second-order valence-electron chi connectivity index (χ2n) is 4.82. The Balaban J connectivity index is 2.28. The first-order valence-corrected chi connectivity index (χ1v) is 8.42. The second kappa shape index (κ2) is 6.70. The van der Waals surface area contributed by atoms with Gasteiger partial charge in [-0.3, -0.25) is 4.72 Å². The van der Waals surface area contributed by atoms with E-state index in [1.54, 1.807) is 26.0 Å². The SMILES string of the molecule is CCOC(=O)c1ccc(S(=O)(=O)Nc2c(C)cccc2O)cc1. The van der Waals surface area contributed by atoms with Crippen molar-refractivity contribution in [3.8, 4) is 5.75 Å². The van der Waals surface area contributed by atoms with Gasteiger partial charge in [0.05, 0.1) is 22.8 Å². The van der Waals surface area contributed by atoms with Crippen LogP contribution < -0.4 is 4.72 Å². The fourth-order valence-electron chi connectivity index (χ4n) is 1.96. The number of aromatic hydroxyl groups is 1. The van der Waals surface area contributed by atoms with E-state index < -0.39 is 16.0 Å². The molecule has 0 fully saturated rings. The van der Waals surface area contributed by atoms with Crippen LogP contribution in [0.1, 0.15) is 22.8 Å². The number of esters is 1. The average molecular weight is 335 g/mol. The fraction of sp³-hybridized carbons (Fsp3) is 0.188. The molecule has 0 aliphatic rings. The Hall–Kier alpha value is -2.54. The maximum Gasteiger partial charge on any atom is 0.338 e. The predicted molar refractivity (Wildman–Crippen MR) is 86.1 cm³/mol. The molecule has 0 amide bonds. The highest BCUT2D eigenvalue weighted by Gasteiger charge is 2.18. The molecule has 0 aliphatic heterocycles. The summed E-state index contributed by atoms with van der Waals surface area (Å²) in [5, 5.41) is 9.79. The van der Waals surface area contributed by atoms with Crippen molar-refractivity contribution in [2.45, 2.75) is 18.7 Å². The van der Waals surface area contributed by atoms with Crippen molar-refractivity contribution in [1.29, 1.82) is 0 Å². The molecular weight excluding hydrogens is 318 g/mol. The first-order valence-electron chi connectivity index (χ1n) is 6.93. The standard InChI is InChI=1S/C16H17NO5S/c1-3-22-16(19)12-7-9-13(10-8-12)23(20,21)17-15-11(2)5-4-6-14(15)18/h4-10,17-18H,3H2,1-2H3. The van der Waals surface area contributed by atoms with Crippen molar-refractivity contribution in [1.82, 2.24) is 0 Å². The Kier molecular flexibility index (Phi) is 4.90. The number of anilines is 1. The lowest BCUT2D eigenvalue weighted by atomic mass is 10.2. The first-order chi connectivity index (χ1) is 10.8. The van der Waals surface area contributed by atoms with Crippen LogP contribution in [0.4, 0.5) is 5.69 Å². The Morgan fingerprint density at radius 2 is 1.83 bits per heavy atom. The van der Waals surface area contributed by atoms with Crippen molar-refractivity contribution >= 4 is 21.7 Å². The van der Waals surface area contributed by atoms with Crippen LogP contribution in [0, 0.1) is 6.92 Å². The molecule has 2 aromatic rings. The molecule has 0 heterocycles. The van der Waals surface area contributed by atoms with Crippen molar-refractivity contribution < 1.29 is 23.1 Å². The summed E-state index contributed by atoms with van der Waals surface area (Å²) in [4.78, 5) is 11.5. The molecule has 2 N–H and O–H groups in total. The van der Waals surface area contributed by atoms with E-state index in [-0.39, 0.29) is 28.5 Å². The molecular formula is C16H17NO5S. The summed E-state index contributed by atoms with van der Waals surface area (Å²) in [7, 11) is -3.88. The van der Waals surface area contributed by atoms with Crippen LogP contribution in [0.5, 0.6) is 5.75 Å². The number of carbonyl (C=O) groups excluding carboxylic acids is 1. The fourth-order valence-corrected chi connectivity index (χ4v) is 3.11. The van der Waals surface area contributed by atoms with E-state index in [2.05, 4.69) is 4.72 Å². The van der Waals surface area contributed by atoms with Crippen LogP contribution in [-0.2, 0) is 14.8 Å². The van der Waals surface area contributed by atoms with Crippen LogP contribution >= 0.6 is 0 Å². The number of phenols is 1. The van der Waals surface area contributed by atoms with Gasteiger partial charge in [-0.25, -0.2) is 13.2 Å². The molecule has 0 bridgehead atoms. The lowest BCUT2D eigenvalue weighted by Crippen LogP contribution is -2.14. The number of phenolic OH excluding ortho intramolecular Hbond substituents is 1. The number of sulfonamides is 1. The third kappa shape index (κ3) is 3.81. The van der Waals surface area contributed by atoms with E-state index in [4.69, 9.17) is 4.74 Å². The molecule has 7 heteroatoms. The van der Waals surface area contributed by atoms with Gasteiger partial charge in [0.15, 0.2) is 0 Å². The molecule has 0 atom stereocenters. The van der Waals surface area contributed by atoms with Gasteiger partial charge in [0.2, 0.25) is 0 Å². The highest BCUT2D eigenvalue weighted by Crippen LogP contribution is 2.29. The molecule has 23 heavy (non-hydrogen) atoms. The van der Waals surface area contributed by atoms with E-state index in [1.165, 1.54) is 30.3 Å². The summed E-state index contributed by atoms with van der Waals surface area (Å²) in [6, 6.07) is 10.1. The van der Waals surface area contributed by atoms with E-state index in [1.807, 2.05) is 0 Å². The molecule has 0 spiro atoms. The number of aryl methyl sites for hydroxylation is 1. The van der Waals surface area contributed by atoms with Crippen molar-refractivity contribution in [2.75, 3.05) is 11.3 Å². The van der Waals surface area contributed by atoms with Gasteiger partial charge in [-0.1, -0.05) is 12.1 Å². The number of hydrogen-bond acceptors (Lipinski definition) is 5. The minimum atomic E-state index is -3.88. The number of benzene rings is 2. The second-order valence-corrected chi connectivity index (χ2v) is 6.50. The minimum absolute atomic E-state index is 0.0202. The van der Waals surface area contributed by atoms with E-state index in [0.29, 0.717) is 5.56 Å². The van der Waals surface area contributed by atoms with E-state index >= 15 is 0 Å². The quantitative estimate of drug-likeness (QED) is 0.647. The molecule has 2 rings (SSSR count). The molecule has 0 unspecified atom stereocenters. The smallest absolute Gasteiger partial charge is 0.338 e. The number of hydrogen-bond donors (Lipinski definition) is 2. The van der Waals surface area contributed by atoms with Gasteiger partial charge in [-0.15, -0.1) is 0 Å². The lowest BCUT2D eigenvalue weighted by molar-refractivity contribution is 0.0526. The summed E-state index contributed by atoms with van der Waals surface area (Å²) in [5.41, 5.74) is 0.989. The highest BCUT2D eigenvalue weighted by atomic mass is 32.2. The Labute approximate surface area is 134 Å². The van der Waals surface area contributed by atoms with Crippen molar-refractivity contribution in [3.63, 3.8) is 0 Å². The summed E-state index contributed by atoms with van der Waals surface area (Å²) in [6.45, 7) is 3.61. The normalized spacial score (nSPS) is 11.0. The first kappa shape index (κ1) is 16.8. The highest BCUT2D eigenvalue weighted by molar-refractivity contribution is 7.92. The summed E-state index contributed by atoms with van der Waals surface area (Å²) in [5.74, 6) is -0.669.